The Hall–Kier alpha value is -1.82. The maximum absolute atomic E-state index is 12.3. The molecule has 3 N–H and O–H groups in total. The molecule has 1 fully saturated rings. The standard InChI is InChI=1S/C18H28N2O4/c1-12-7-17(3,4)10-18(8-12,11-21)20-15(22)9-19-16(23)14-5-6-24-13(14)2/h5-6,12,21H,7-11H2,1-4H3,(H,19,23)(H,20,22)/t12-,18+/m0/s1. The van der Waals surface area contributed by atoms with Crippen LogP contribution in [-0.4, -0.2) is 35.6 Å². The van der Waals surface area contributed by atoms with Crippen LogP contribution in [0.5, 0.6) is 0 Å². The molecule has 0 aliphatic heterocycles. The van der Waals surface area contributed by atoms with Gasteiger partial charge in [0.2, 0.25) is 5.91 Å². The Labute approximate surface area is 143 Å². The number of carbonyl (C=O) groups is 2. The molecule has 6 heteroatoms. The van der Waals surface area contributed by atoms with E-state index in [1.165, 1.54) is 6.26 Å². The van der Waals surface area contributed by atoms with Gasteiger partial charge in [-0.05, 0) is 43.6 Å². The van der Waals surface area contributed by atoms with Crippen LogP contribution in [0, 0.1) is 18.3 Å². The van der Waals surface area contributed by atoms with E-state index in [-0.39, 0.29) is 30.4 Å². The van der Waals surface area contributed by atoms with Crippen LogP contribution in [0.4, 0.5) is 0 Å². The van der Waals surface area contributed by atoms with E-state index in [0.29, 0.717) is 17.2 Å². The molecular weight excluding hydrogens is 308 g/mol. The monoisotopic (exact) mass is 336 g/mol. The lowest BCUT2D eigenvalue weighted by molar-refractivity contribution is -0.124. The average Bonchev–Trinajstić information content (AvgIpc) is 2.88. The molecule has 1 aliphatic rings. The van der Waals surface area contributed by atoms with E-state index < -0.39 is 5.54 Å². The van der Waals surface area contributed by atoms with Gasteiger partial charge in [-0.25, -0.2) is 0 Å². The highest BCUT2D eigenvalue weighted by molar-refractivity contribution is 5.97. The molecule has 0 unspecified atom stereocenters. The van der Waals surface area contributed by atoms with Gasteiger partial charge >= 0.3 is 0 Å². The second-order valence-corrected chi connectivity index (χ2v) is 7.91. The van der Waals surface area contributed by atoms with Crippen molar-refractivity contribution in [2.75, 3.05) is 13.2 Å². The molecule has 2 amide bonds. The van der Waals surface area contributed by atoms with Gasteiger partial charge in [0.25, 0.3) is 5.91 Å². The third kappa shape index (κ3) is 4.38. The summed E-state index contributed by atoms with van der Waals surface area (Å²) in [5.74, 6) is 0.308. The van der Waals surface area contributed by atoms with E-state index in [4.69, 9.17) is 4.42 Å². The first-order valence-electron chi connectivity index (χ1n) is 8.41. The molecule has 1 aromatic heterocycles. The summed E-state index contributed by atoms with van der Waals surface area (Å²) >= 11 is 0. The van der Waals surface area contributed by atoms with E-state index in [2.05, 4.69) is 31.4 Å². The smallest absolute Gasteiger partial charge is 0.255 e. The summed E-state index contributed by atoms with van der Waals surface area (Å²) in [7, 11) is 0. The van der Waals surface area contributed by atoms with Crippen molar-refractivity contribution >= 4 is 11.8 Å². The number of carbonyl (C=O) groups excluding carboxylic acids is 2. The number of aliphatic hydroxyl groups excluding tert-OH is 1. The quantitative estimate of drug-likeness (QED) is 0.767. The summed E-state index contributed by atoms with van der Waals surface area (Å²) in [5, 5.41) is 15.4. The minimum atomic E-state index is -0.617. The fourth-order valence-electron chi connectivity index (χ4n) is 4.21. The number of amides is 2. The lowest BCUT2D eigenvalue weighted by Crippen LogP contribution is -2.58. The number of hydrogen-bond acceptors (Lipinski definition) is 4. The molecule has 1 heterocycles. The molecule has 2 rings (SSSR count). The van der Waals surface area contributed by atoms with E-state index >= 15 is 0 Å². The predicted molar refractivity (Wildman–Crippen MR) is 90.5 cm³/mol. The average molecular weight is 336 g/mol. The first kappa shape index (κ1) is 18.5. The van der Waals surface area contributed by atoms with E-state index in [9.17, 15) is 14.7 Å². The number of aryl methyl sites for hydroxylation is 1. The molecule has 0 radical (unpaired) electrons. The molecule has 1 aromatic rings. The zero-order valence-corrected chi connectivity index (χ0v) is 14.9. The van der Waals surface area contributed by atoms with Crippen molar-refractivity contribution in [3.05, 3.63) is 23.7 Å². The Bertz CT molecular complexity index is 608. The minimum absolute atomic E-state index is 0.0603. The molecule has 0 bridgehead atoms. The molecule has 1 saturated carbocycles. The number of rotatable bonds is 5. The van der Waals surface area contributed by atoms with Crippen molar-refractivity contribution in [1.82, 2.24) is 10.6 Å². The molecule has 6 nitrogen and oxygen atoms in total. The van der Waals surface area contributed by atoms with Gasteiger partial charge in [-0.15, -0.1) is 0 Å². The predicted octanol–water partition coefficient (Wildman–Crippen LogP) is 2.01. The Morgan fingerprint density at radius 1 is 1.38 bits per heavy atom. The van der Waals surface area contributed by atoms with Gasteiger partial charge in [0.15, 0.2) is 0 Å². The van der Waals surface area contributed by atoms with Crippen LogP contribution in [0.25, 0.3) is 0 Å². The number of hydrogen-bond donors (Lipinski definition) is 3. The van der Waals surface area contributed by atoms with Crippen LogP contribution >= 0.6 is 0 Å². The summed E-state index contributed by atoms with van der Waals surface area (Å²) in [6.45, 7) is 7.93. The van der Waals surface area contributed by atoms with E-state index in [0.717, 1.165) is 19.3 Å². The van der Waals surface area contributed by atoms with Gasteiger partial charge < -0.3 is 20.2 Å². The van der Waals surface area contributed by atoms with Crippen LogP contribution in [0.2, 0.25) is 0 Å². The molecule has 0 spiro atoms. The Balaban J connectivity index is 1.95. The topological polar surface area (TPSA) is 91.6 Å². The van der Waals surface area contributed by atoms with Crippen molar-refractivity contribution in [1.29, 1.82) is 0 Å². The first-order chi connectivity index (χ1) is 11.2. The van der Waals surface area contributed by atoms with Crippen molar-refractivity contribution in [3.63, 3.8) is 0 Å². The van der Waals surface area contributed by atoms with Crippen molar-refractivity contribution < 1.29 is 19.1 Å². The maximum atomic E-state index is 12.3. The SMILES string of the molecule is Cc1occc1C(=O)NCC(=O)N[C@]1(CO)C[C@@H](C)CC(C)(C)C1. The van der Waals surface area contributed by atoms with Gasteiger partial charge in [0, 0.05) is 0 Å². The summed E-state index contributed by atoms with van der Waals surface area (Å²) in [6.07, 6.45) is 3.98. The normalized spacial score (nSPS) is 26.0. The Morgan fingerprint density at radius 3 is 2.62 bits per heavy atom. The Morgan fingerprint density at radius 2 is 2.08 bits per heavy atom. The van der Waals surface area contributed by atoms with Gasteiger partial charge in [0.1, 0.15) is 5.76 Å². The third-order valence-corrected chi connectivity index (χ3v) is 4.68. The van der Waals surface area contributed by atoms with Gasteiger partial charge in [0.05, 0.1) is 30.5 Å². The van der Waals surface area contributed by atoms with Gasteiger partial charge in [-0.1, -0.05) is 20.8 Å². The zero-order chi connectivity index (χ0) is 18.0. The molecule has 24 heavy (non-hydrogen) atoms. The van der Waals surface area contributed by atoms with Crippen LogP contribution in [0.15, 0.2) is 16.7 Å². The maximum Gasteiger partial charge on any atom is 0.255 e. The second kappa shape index (κ2) is 6.97. The molecule has 2 atom stereocenters. The fourth-order valence-corrected chi connectivity index (χ4v) is 4.21. The fraction of sp³-hybridized carbons (Fsp3) is 0.667. The Kier molecular flexibility index (Phi) is 5.38. The number of aliphatic hydroxyl groups is 1. The molecule has 134 valence electrons. The first-order valence-corrected chi connectivity index (χ1v) is 8.41. The molecule has 0 aromatic carbocycles. The summed E-state index contributed by atoms with van der Waals surface area (Å²) in [4.78, 5) is 24.3. The zero-order valence-electron chi connectivity index (χ0n) is 14.9. The summed E-state index contributed by atoms with van der Waals surface area (Å²) in [5.41, 5.74) is -0.133. The van der Waals surface area contributed by atoms with Crippen LogP contribution < -0.4 is 10.6 Å². The van der Waals surface area contributed by atoms with Crippen LogP contribution in [0.3, 0.4) is 0 Å². The van der Waals surface area contributed by atoms with Gasteiger partial charge in [-0.3, -0.25) is 9.59 Å². The highest BCUT2D eigenvalue weighted by Gasteiger charge is 2.43. The van der Waals surface area contributed by atoms with E-state index in [1.54, 1.807) is 13.0 Å². The minimum Gasteiger partial charge on any atom is -0.469 e. The van der Waals surface area contributed by atoms with Crippen LogP contribution in [-0.2, 0) is 4.79 Å². The molecular formula is C18H28N2O4. The van der Waals surface area contributed by atoms with E-state index in [1.807, 2.05) is 0 Å². The highest BCUT2D eigenvalue weighted by atomic mass is 16.3. The number of furan rings is 1. The van der Waals surface area contributed by atoms with Crippen molar-refractivity contribution in [3.8, 4) is 0 Å². The summed E-state index contributed by atoms with van der Waals surface area (Å²) < 4.78 is 5.09. The van der Waals surface area contributed by atoms with Gasteiger partial charge in [-0.2, -0.15) is 0 Å². The van der Waals surface area contributed by atoms with Crippen molar-refractivity contribution in [2.24, 2.45) is 11.3 Å². The largest absolute Gasteiger partial charge is 0.469 e. The molecule has 0 saturated heterocycles. The third-order valence-electron chi connectivity index (χ3n) is 4.68. The number of nitrogens with one attached hydrogen (secondary N) is 2. The summed E-state index contributed by atoms with van der Waals surface area (Å²) in [6, 6.07) is 1.57. The second-order valence-electron chi connectivity index (χ2n) is 7.91. The highest BCUT2D eigenvalue weighted by Crippen LogP contribution is 2.43. The lowest BCUT2D eigenvalue weighted by atomic mass is 9.64. The molecule has 1 aliphatic carbocycles. The van der Waals surface area contributed by atoms with Crippen LogP contribution in [0.1, 0.15) is 56.2 Å². The lowest BCUT2D eigenvalue weighted by Gasteiger charge is -2.47. The van der Waals surface area contributed by atoms with Crippen molar-refractivity contribution in [2.45, 2.75) is 52.5 Å².